The second kappa shape index (κ2) is 3.47. The Morgan fingerprint density at radius 2 is 1.36 bits per heavy atom. The quantitative estimate of drug-likeness (QED) is 0.544. The van der Waals surface area contributed by atoms with Gasteiger partial charge in [-0.25, -0.2) is 0 Å². The van der Waals surface area contributed by atoms with Crippen molar-refractivity contribution in [3.8, 4) is 0 Å². The standard InChI is InChI=1S/C7H9F3O4/c1-6(2,7(8,9)10)3(4(11)12)5(13)14/h3H,1-2H3,(H,11,12)(H,13,14)/p-2. The van der Waals surface area contributed by atoms with Crippen LogP contribution in [0.4, 0.5) is 13.2 Å². The number of carboxylic acid groups (broad SMARTS) is 2. The molecule has 0 heterocycles. The maximum absolute atomic E-state index is 12.2. The molecule has 0 aromatic heterocycles. The zero-order chi connectivity index (χ0) is 11.7. The molecule has 0 fully saturated rings. The molecule has 0 aliphatic carbocycles. The van der Waals surface area contributed by atoms with E-state index < -0.39 is 29.4 Å². The summed E-state index contributed by atoms with van der Waals surface area (Å²) in [6.45, 7) is 0.923. The number of halogens is 3. The lowest BCUT2D eigenvalue weighted by Gasteiger charge is -2.37. The molecule has 0 saturated carbocycles. The fourth-order valence-electron chi connectivity index (χ4n) is 0.849. The molecule has 82 valence electrons. The third-order valence-electron chi connectivity index (χ3n) is 1.92. The van der Waals surface area contributed by atoms with Gasteiger partial charge in [0, 0.05) is 0 Å². The highest BCUT2D eigenvalue weighted by molar-refractivity contribution is 5.91. The van der Waals surface area contributed by atoms with Crippen molar-refractivity contribution in [1.82, 2.24) is 0 Å². The van der Waals surface area contributed by atoms with Crippen LogP contribution in [0.1, 0.15) is 13.8 Å². The fourth-order valence-corrected chi connectivity index (χ4v) is 0.849. The molecule has 7 heteroatoms. The molecule has 0 N–H and O–H groups in total. The van der Waals surface area contributed by atoms with Crippen molar-refractivity contribution in [1.29, 1.82) is 0 Å². The Bertz CT molecular complexity index is 242. The van der Waals surface area contributed by atoms with E-state index in [1.807, 2.05) is 0 Å². The molecule has 0 atom stereocenters. The van der Waals surface area contributed by atoms with Crippen molar-refractivity contribution >= 4 is 11.9 Å². The number of carbonyl (C=O) groups excluding carboxylic acids is 2. The third kappa shape index (κ3) is 2.15. The van der Waals surface area contributed by atoms with Gasteiger partial charge in [0.15, 0.2) is 0 Å². The van der Waals surface area contributed by atoms with Gasteiger partial charge in [0.05, 0.1) is 23.3 Å². The predicted molar refractivity (Wildman–Crippen MR) is 33.3 cm³/mol. The monoisotopic (exact) mass is 212 g/mol. The highest BCUT2D eigenvalue weighted by Gasteiger charge is 2.53. The summed E-state index contributed by atoms with van der Waals surface area (Å²) in [4.78, 5) is 20.4. The van der Waals surface area contributed by atoms with Crippen LogP contribution >= 0.6 is 0 Å². The summed E-state index contributed by atoms with van der Waals surface area (Å²) in [5, 5.41) is 20.4. The van der Waals surface area contributed by atoms with Crippen LogP contribution in [0.3, 0.4) is 0 Å². The molecule has 0 aromatic carbocycles. The number of carboxylic acids is 2. The molecule has 0 amide bonds. The first kappa shape index (κ1) is 12.7. The van der Waals surface area contributed by atoms with E-state index in [0.717, 1.165) is 0 Å². The van der Waals surface area contributed by atoms with Crippen molar-refractivity contribution in [3.05, 3.63) is 0 Å². The van der Waals surface area contributed by atoms with Crippen LogP contribution in [0.2, 0.25) is 0 Å². The van der Waals surface area contributed by atoms with Crippen LogP contribution in [-0.2, 0) is 9.59 Å². The van der Waals surface area contributed by atoms with Gasteiger partial charge < -0.3 is 19.8 Å². The Labute approximate surface area is 77.3 Å². The Morgan fingerprint density at radius 3 is 1.43 bits per heavy atom. The fraction of sp³-hybridized carbons (Fsp3) is 0.714. The highest BCUT2D eigenvalue weighted by Crippen LogP contribution is 2.43. The maximum atomic E-state index is 12.2. The van der Waals surface area contributed by atoms with Gasteiger partial charge in [-0.1, -0.05) is 13.8 Å². The minimum Gasteiger partial charge on any atom is -0.549 e. The van der Waals surface area contributed by atoms with Gasteiger partial charge >= 0.3 is 6.18 Å². The summed E-state index contributed by atoms with van der Waals surface area (Å²) < 4.78 is 36.7. The lowest BCUT2D eigenvalue weighted by molar-refractivity contribution is -0.348. The van der Waals surface area contributed by atoms with Crippen molar-refractivity contribution < 1.29 is 33.0 Å². The highest BCUT2D eigenvalue weighted by atomic mass is 19.4. The lowest BCUT2D eigenvalue weighted by atomic mass is 9.78. The lowest BCUT2D eigenvalue weighted by Crippen LogP contribution is -2.55. The molecular formula is C7H7F3O4-2. The first-order valence-electron chi connectivity index (χ1n) is 3.50. The number of hydrogen-bond acceptors (Lipinski definition) is 4. The Kier molecular flexibility index (Phi) is 3.15. The van der Waals surface area contributed by atoms with E-state index in [2.05, 4.69) is 0 Å². The van der Waals surface area contributed by atoms with Crippen molar-refractivity contribution in [2.24, 2.45) is 11.3 Å². The normalized spacial score (nSPS) is 13.0. The SMILES string of the molecule is CC(C)(C(C(=O)[O-])C(=O)[O-])C(F)(F)F. The molecule has 4 nitrogen and oxygen atoms in total. The molecule has 0 aromatic rings. The minimum atomic E-state index is -4.96. The summed E-state index contributed by atoms with van der Waals surface area (Å²) in [5.74, 6) is -7.35. The van der Waals surface area contributed by atoms with E-state index in [1.165, 1.54) is 0 Å². The first-order valence-corrected chi connectivity index (χ1v) is 3.50. The smallest absolute Gasteiger partial charge is 0.394 e. The number of rotatable bonds is 3. The predicted octanol–water partition coefficient (Wildman–Crippen LogP) is -1.31. The van der Waals surface area contributed by atoms with Gasteiger partial charge in [-0.3, -0.25) is 0 Å². The second-order valence-corrected chi connectivity index (χ2v) is 3.29. The van der Waals surface area contributed by atoms with E-state index in [4.69, 9.17) is 0 Å². The molecule has 0 aliphatic heterocycles. The third-order valence-corrected chi connectivity index (χ3v) is 1.92. The largest absolute Gasteiger partial charge is 0.549 e. The van der Waals surface area contributed by atoms with Crippen LogP contribution in [-0.4, -0.2) is 18.1 Å². The van der Waals surface area contributed by atoms with Crippen LogP contribution in [0.5, 0.6) is 0 Å². The molecular weight excluding hydrogens is 205 g/mol. The van der Waals surface area contributed by atoms with E-state index in [-0.39, 0.29) is 0 Å². The van der Waals surface area contributed by atoms with E-state index in [0.29, 0.717) is 13.8 Å². The van der Waals surface area contributed by atoms with Crippen LogP contribution in [0, 0.1) is 11.3 Å². The molecule has 0 aliphatic rings. The topological polar surface area (TPSA) is 80.3 Å². The molecule has 0 rings (SSSR count). The van der Waals surface area contributed by atoms with Gasteiger partial charge in [0.2, 0.25) is 0 Å². The Balaban J connectivity index is 5.21. The maximum Gasteiger partial charge on any atom is 0.394 e. The number of alkyl halides is 3. The zero-order valence-electron chi connectivity index (χ0n) is 7.34. The molecule has 0 saturated heterocycles. The van der Waals surface area contributed by atoms with E-state index in [1.54, 1.807) is 0 Å². The molecule has 14 heavy (non-hydrogen) atoms. The first-order chi connectivity index (χ1) is 6.01. The number of aliphatic carboxylic acids is 2. The summed E-state index contributed by atoms with van der Waals surface area (Å²) in [6, 6.07) is 0. The summed E-state index contributed by atoms with van der Waals surface area (Å²) in [7, 11) is 0. The summed E-state index contributed by atoms with van der Waals surface area (Å²) in [5.41, 5.74) is -2.93. The minimum absolute atomic E-state index is 0.462. The van der Waals surface area contributed by atoms with Crippen molar-refractivity contribution in [3.63, 3.8) is 0 Å². The van der Waals surface area contributed by atoms with Gasteiger partial charge in [0.25, 0.3) is 0 Å². The van der Waals surface area contributed by atoms with E-state index in [9.17, 15) is 33.0 Å². The van der Waals surface area contributed by atoms with Crippen LogP contribution in [0.25, 0.3) is 0 Å². The summed E-state index contributed by atoms with van der Waals surface area (Å²) in [6.07, 6.45) is -4.96. The molecule has 0 spiro atoms. The van der Waals surface area contributed by atoms with Gasteiger partial charge in [-0.2, -0.15) is 13.2 Å². The summed E-state index contributed by atoms with van der Waals surface area (Å²) >= 11 is 0. The Morgan fingerprint density at radius 1 is 1.07 bits per heavy atom. The van der Waals surface area contributed by atoms with Gasteiger partial charge in [0.1, 0.15) is 0 Å². The zero-order valence-corrected chi connectivity index (χ0v) is 7.34. The molecule has 0 radical (unpaired) electrons. The van der Waals surface area contributed by atoms with E-state index >= 15 is 0 Å². The number of carbonyl (C=O) groups is 2. The average molecular weight is 212 g/mol. The van der Waals surface area contributed by atoms with Crippen molar-refractivity contribution in [2.75, 3.05) is 0 Å². The average Bonchev–Trinajstić information content (AvgIpc) is 1.79. The second-order valence-electron chi connectivity index (χ2n) is 3.29. The molecule has 0 bridgehead atoms. The van der Waals surface area contributed by atoms with Gasteiger partial charge in [-0.15, -0.1) is 0 Å². The van der Waals surface area contributed by atoms with Crippen molar-refractivity contribution in [2.45, 2.75) is 20.0 Å². The number of hydrogen-bond donors (Lipinski definition) is 0. The van der Waals surface area contributed by atoms with Crippen LogP contribution < -0.4 is 10.2 Å². The molecule has 0 unspecified atom stereocenters. The Hall–Kier alpha value is -1.27. The van der Waals surface area contributed by atoms with Crippen LogP contribution in [0.15, 0.2) is 0 Å². The van der Waals surface area contributed by atoms with Gasteiger partial charge in [-0.05, 0) is 0 Å².